The molecule has 1 rings (SSSR count). The maximum Gasteiger partial charge on any atom is 0.0767 e. The second-order valence-electron chi connectivity index (χ2n) is 5.64. The van der Waals surface area contributed by atoms with Crippen LogP contribution in [0.3, 0.4) is 0 Å². The molecule has 3 N–H and O–H groups in total. The minimum absolute atomic E-state index is 0.352. The van der Waals surface area contributed by atoms with Crippen LogP contribution < -0.4 is 5.73 Å². The average Bonchev–Trinajstić information content (AvgIpc) is 2.36. The van der Waals surface area contributed by atoms with Crippen molar-refractivity contribution in [2.45, 2.75) is 70.5 Å². The van der Waals surface area contributed by atoms with Crippen molar-refractivity contribution in [3.05, 3.63) is 0 Å². The number of aliphatic hydroxyl groups is 1. The Morgan fingerprint density at radius 1 is 1.29 bits per heavy atom. The summed E-state index contributed by atoms with van der Waals surface area (Å²) in [5, 5.41) is 10.0. The Balaban J connectivity index is 2.08. The molecule has 1 atom stereocenters. The van der Waals surface area contributed by atoms with Gasteiger partial charge < -0.3 is 15.6 Å². The van der Waals surface area contributed by atoms with Gasteiger partial charge in [-0.15, -0.1) is 0 Å². The lowest BCUT2D eigenvalue weighted by molar-refractivity contribution is -0.00487. The fourth-order valence-corrected chi connectivity index (χ4v) is 2.47. The molecule has 17 heavy (non-hydrogen) atoms. The highest BCUT2D eigenvalue weighted by Crippen LogP contribution is 2.26. The topological polar surface area (TPSA) is 55.5 Å². The lowest BCUT2D eigenvalue weighted by Gasteiger charge is -2.28. The third-order valence-electron chi connectivity index (χ3n) is 4.14. The van der Waals surface area contributed by atoms with Crippen LogP contribution in [0.2, 0.25) is 0 Å². The Morgan fingerprint density at radius 2 is 1.94 bits per heavy atom. The van der Waals surface area contributed by atoms with Crippen LogP contribution in [0.4, 0.5) is 0 Å². The van der Waals surface area contributed by atoms with Gasteiger partial charge in [0, 0.05) is 13.2 Å². The summed E-state index contributed by atoms with van der Waals surface area (Å²) >= 11 is 0. The molecule has 0 radical (unpaired) electrons. The van der Waals surface area contributed by atoms with Crippen LogP contribution >= 0.6 is 0 Å². The van der Waals surface area contributed by atoms with Crippen molar-refractivity contribution < 1.29 is 9.84 Å². The van der Waals surface area contributed by atoms with Gasteiger partial charge in [-0.1, -0.05) is 13.8 Å². The van der Waals surface area contributed by atoms with E-state index in [1.165, 1.54) is 25.7 Å². The van der Waals surface area contributed by atoms with Gasteiger partial charge in [-0.2, -0.15) is 0 Å². The molecule has 1 unspecified atom stereocenters. The summed E-state index contributed by atoms with van der Waals surface area (Å²) in [5.41, 5.74) is 4.89. The highest BCUT2D eigenvalue weighted by molar-refractivity contribution is 4.77. The van der Waals surface area contributed by atoms with Crippen molar-refractivity contribution in [1.29, 1.82) is 0 Å². The summed E-state index contributed by atoms with van der Waals surface area (Å²) in [5.74, 6) is 0.872. The van der Waals surface area contributed by atoms with Crippen molar-refractivity contribution in [3.8, 4) is 0 Å². The molecule has 102 valence electrons. The second kappa shape index (κ2) is 7.34. The van der Waals surface area contributed by atoms with Gasteiger partial charge in [0.2, 0.25) is 0 Å². The molecule has 0 bridgehead atoms. The summed E-state index contributed by atoms with van der Waals surface area (Å²) in [6.45, 7) is 5.42. The molecule has 0 aromatic carbocycles. The maximum atomic E-state index is 10.0. The van der Waals surface area contributed by atoms with Crippen molar-refractivity contribution in [3.63, 3.8) is 0 Å². The molecule has 3 heteroatoms. The number of hydrogen-bond donors (Lipinski definition) is 2. The molecule has 1 aliphatic carbocycles. The van der Waals surface area contributed by atoms with Crippen molar-refractivity contribution >= 4 is 0 Å². The number of ether oxygens (including phenoxy) is 1. The van der Waals surface area contributed by atoms with Crippen LogP contribution in [0, 0.1) is 5.92 Å². The van der Waals surface area contributed by atoms with Gasteiger partial charge in [-0.05, 0) is 50.9 Å². The molecular weight excluding hydrogens is 214 g/mol. The smallest absolute Gasteiger partial charge is 0.0767 e. The van der Waals surface area contributed by atoms with E-state index in [2.05, 4.69) is 6.92 Å². The van der Waals surface area contributed by atoms with E-state index >= 15 is 0 Å². The van der Waals surface area contributed by atoms with Crippen LogP contribution in [-0.4, -0.2) is 30.0 Å². The molecule has 0 spiro atoms. The third kappa shape index (κ3) is 5.36. The zero-order valence-electron chi connectivity index (χ0n) is 11.5. The van der Waals surface area contributed by atoms with E-state index in [1.54, 1.807) is 0 Å². The van der Waals surface area contributed by atoms with Gasteiger partial charge in [0.15, 0.2) is 0 Å². The van der Waals surface area contributed by atoms with Gasteiger partial charge in [-0.25, -0.2) is 0 Å². The minimum atomic E-state index is -0.676. The molecule has 1 aliphatic rings. The minimum Gasteiger partial charge on any atom is -0.389 e. The molecule has 1 fully saturated rings. The van der Waals surface area contributed by atoms with Gasteiger partial charge >= 0.3 is 0 Å². The van der Waals surface area contributed by atoms with Crippen LogP contribution in [0.15, 0.2) is 0 Å². The van der Waals surface area contributed by atoms with Crippen LogP contribution in [-0.2, 0) is 4.74 Å². The monoisotopic (exact) mass is 243 g/mol. The van der Waals surface area contributed by atoms with Gasteiger partial charge in [0.25, 0.3) is 0 Å². The summed E-state index contributed by atoms with van der Waals surface area (Å²) in [6, 6.07) is 0. The first-order valence-electron chi connectivity index (χ1n) is 7.13. The van der Waals surface area contributed by atoms with E-state index in [0.29, 0.717) is 12.6 Å². The fourth-order valence-electron chi connectivity index (χ4n) is 2.47. The summed E-state index contributed by atoms with van der Waals surface area (Å²) in [4.78, 5) is 0. The molecule has 0 aromatic heterocycles. The van der Waals surface area contributed by atoms with Crippen molar-refractivity contribution in [2.75, 3.05) is 13.2 Å². The Morgan fingerprint density at radius 3 is 2.47 bits per heavy atom. The predicted octanol–water partition coefficient (Wildman–Crippen LogP) is 2.46. The van der Waals surface area contributed by atoms with Crippen LogP contribution in [0.25, 0.3) is 0 Å². The van der Waals surface area contributed by atoms with E-state index < -0.39 is 5.60 Å². The standard InChI is InChI=1S/C14H29NO2/c1-3-14(16,11-15)9-4-10-17-13-7-5-12(2)6-8-13/h12-13,16H,3-11,15H2,1-2H3. The first-order valence-corrected chi connectivity index (χ1v) is 7.13. The summed E-state index contributed by atoms with van der Waals surface area (Å²) < 4.78 is 5.86. The zero-order valence-corrected chi connectivity index (χ0v) is 11.5. The highest BCUT2D eigenvalue weighted by atomic mass is 16.5. The number of hydrogen-bond acceptors (Lipinski definition) is 3. The molecule has 1 saturated carbocycles. The summed E-state index contributed by atoms with van der Waals surface area (Å²) in [7, 11) is 0. The molecule has 0 amide bonds. The number of nitrogens with two attached hydrogens (primary N) is 1. The van der Waals surface area contributed by atoms with Gasteiger partial charge in [-0.3, -0.25) is 0 Å². The van der Waals surface area contributed by atoms with Gasteiger partial charge in [0.1, 0.15) is 0 Å². The summed E-state index contributed by atoms with van der Waals surface area (Å²) in [6.07, 6.45) is 7.85. The predicted molar refractivity (Wildman–Crippen MR) is 70.9 cm³/mol. The maximum absolute atomic E-state index is 10.0. The van der Waals surface area contributed by atoms with E-state index in [4.69, 9.17) is 10.5 Å². The normalized spacial score (nSPS) is 28.9. The van der Waals surface area contributed by atoms with E-state index in [0.717, 1.165) is 31.8 Å². The number of rotatable bonds is 7. The van der Waals surface area contributed by atoms with E-state index in [1.807, 2.05) is 6.92 Å². The zero-order chi connectivity index (χ0) is 12.7. The SMILES string of the molecule is CCC(O)(CN)CCCOC1CCC(C)CC1. The Hall–Kier alpha value is -0.120. The van der Waals surface area contributed by atoms with Crippen molar-refractivity contribution in [1.82, 2.24) is 0 Å². The first-order chi connectivity index (χ1) is 8.09. The Labute approximate surface area is 106 Å². The fraction of sp³-hybridized carbons (Fsp3) is 1.00. The Bertz CT molecular complexity index is 196. The van der Waals surface area contributed by atoms with E-state index in [-0.39, 0.29) is 0 Å². The van der Waals surface area contributed by atoms with Crippen molar-refractivity contribution in [2.24, 2.45) is 11.7 Å². The molecule has 0 aromatic rings. The molecule has 0 aliphatic heterocycles. The average molecular weight is 243 g/mol. The molecule has 0 heterocycles. The third-order valence-corrected chi connectivity index (χ3v) is 4.14. The van der Waals surface area contributed by atoms with Crippen LogP contribution in [0.5, 0.6) is 0 Å². The molecule has 0 saturated heterocycles. The second-order valence-corrected chi connectivity index (χ2v) is 5.64. The highest BCUT2D eigenvalue weighted by Gasteiger charge is 2.22. The largest absolute Gasteiger partial charge is 0.389 e. The lowest BCUT2D eigenvalue weighted by Crippen LogP contribution is -2.37. The van der Waals surface area contributed by atoms with E-state index in [9.17, 15) is 5.11 Å². The quantitative estimate of drug-likeness (QED) is 0.675. The first kappa shape index (κ1) is 14.9. The van der Waals surface area contributed by atoms with Crippen LogP contribution in [0.1, 0.15) is 58.8 Å². The molecular formula is C14H29NO2. The molecule has 3 nitrogen and oxygen atoms in total. The van der Waals surface area contributed by atoms with Gasteiger partial charge in [0.05, 0.1) is 11.7 Å². The Kier molecular flexibility index (Phi) is 6.45. The lowest BCUT2D eigenvalue weighted by atomic mass is 9.89.